The van der Waals surface area contributed by atoms with E-state index in [0.29, 0.717) is 0 Å². The molecule has 2 atom stereocenters. The van der Waals surface area contributed by atoms with Crippen molar-refractivity contribution in [2.75, 3.05) is 14.2 Å². The van der Waals surface area contributed by atoms with Crippen molar-refractivity contribution in [3.63, 3.8) is 0 Å². The summed E-state index contributed by atoms with van der Waals surface area (Å²) in [6, 6.07) is 2.96. The van der Waals surface area contributed by atoms with E-state index < -0.39 is 15.3 Å². The summed E-state index contributed by atoms with van der Waals surface area (Å²) in [5.74, 6) is 0. The lowest BCUT2D eigenvalue weighted by Crippen LogP contribution is -2.29. The summed E-state index contributed by atoms with van der Waals surface area (Å²) in [6.07, 6.45) is 7.70. The molecule has 0 heterocycles. The Morgan fingerprint density at radius 3 is 1.39 bits per heavy atom. The maximum atomic E-state index is 6.39. The van der Waals surface area contributed by atoms with E-state index in [1.807, 2.05) is 24.3 Å². The molecule has 0 aromatic carbocycles. The minimum absolute atomic E-state index is 0.732. The molecule has 2 unspecified atom stereocenters. The first-order chi connectivity index (χ1) is 8.45. The summed E-state index contributed by atoms with van der Waals surface area (Å²) >= 11 is 12.8. The van der Waals surface area contributed by atoms with Gasteiger partial charge in [-0.05, 0) is 24.2 Å². The highest BCUT2D eigenvalue weighted by Crippen LogP contribution is 2.25. The number of rotatable bonds is 10. The third kappa shape index (κ3) is 6.92. The summed E-state index contributed by atoms with van der Waals surface area (Å²) in [4.78, 5) is 0. The first kappa shape index (κ1) is 18.2. The van der Waals surface area contributed by atoms with E-state index in [0.717, 1.165) is 24.2 Å². The van der Waals surface area contributed by atoms with Crippen molar-refractivity contribution in [1.82, 2.24) is 0 Å². The van der Waals surface area contributed by atoms with Gasteiger partial charge in [0.2, 0.25) is 0 Å². The van der Waals surface area contributed by atoms with Crippen LogP contribution in [-0.4, -0.2) is 29.5 Å². The van der Waals surface area contributed by atoms with Gasteiger partial charge in [-0.3, -0.25) is 0 Å². The van der Waals surface area contributed by atoms with Gasteiger partial charge in [0.25, 0.3) is 15.3 Å². The average molecular weight is 325 g/mol. The second kappa shape index (κ2) is 9.12. The molecule has 2 nitrogen and oxygen atoms in total. The molecule has 0 aromatic heterocycles. The summed E-state index contributed by atoms with van der Waals surface area (Å²) in [5, 5.41) is 0. The van der Waals surface area contributed by atoms with Crippen LogP contribution in [0.4, 0.5) is 0 Å². The Morgan fingerprint density at radius 1 is 0.833 bits per heavy atom. The first-order valence-electron chi connectivity index (χ1n) is 5.80. The maximum Gasteiger partial charge on any atom is 0.297 e. The monoisotopic (exact) mass is 324 g/mol. The Hall–Kier alpha value is 0.154. The summed E-state index contributed by atoms with van der Waals surface area (Å²) in [7, 11) is -1.03. The van der Waals surface area contributed by atoms with Crippen LogP contribution in [0, 0.1) is 0 Å². The van der Waals surface area contributed by atoms with Crippen molar-refractivity contribution in [2.24, 2.45) is 0 Å². The van der Waals surface area contributed by atoms with E-state index in [1.54, 1.807) is 14.2 Å². The van der Waals surface area contributed by atoms with E-state index in [-0.39, 0.29) is 0 Å². The van der Waals surface area contributed by atoms with Gasteiger partial charge in [-0.2, -0.15) is 0 Å². The largest absolute Gasteiger partial charge is 0.406 e. The van der Waals surface area contributed by atoms with E-state index in [4.69, 9.17) is 31.0 Å². The standard InChI is InChI=1S/C12H22Cl2O2Si2/c1-5-9-17(13,15-3)11-7-8-12-18(14,16-4)10-6-2/h5-8H,1-2,9-12H2,3-4H3. The molecular weight excluding hydrogens is 303 g/mol. The molecule has 0 fully saturated rings. The molecule has 0 bridgehead atoms. The van der Waals surface area contributed by atoms with Gasteiger partial charge in [-0.15, -0.1) is 35.3 Å². The lowest BCUT2D eigenvalue weighted by Gasteiger charge is -2.20. The predicted molar refractivity (Wildman–Crippen MR) is 86.0 cm³/mol. The number of allylic oxidation sites excluding steroid dienone is 4. The molecule has 0 N–H and O–H groups in total. The third-order valence-corrected chi connectivity index (χ3v) is 10.4. The zero-order valence-corrected chi connectivity index (χ0v) is 14.6. The molecule has 0 saturated carbocycles. The molecule has 6 heteroatoms. The number of halogens is 2. The van der Waals surface area contributed by atoms with Crippen LogP contribution < -0.4 is 0 Å². The van der Waals surface area contributed by atoms with E-state index in [1.165, 1.54) is 0 Å². The lowest BCUT2D eigenvalue weighted by molar-refractivity contribution is 0.414. The normalized spacial score (nSPS) is 18.2. The van der Waals surface area contributed by atoms with Crippen molar-refractivity contribution in [3.05, 3.63) is 37.5 Å². The van der Waals surface area contributed by atoms with Gasteiger partial charge in [0.1, 0.15) is 0 Å². The van der Waals surface area contributed by atoms with E-state index in [2.05, 4.69) is 13.2 Å². The highest BCUT2D eigenvalue weighted by molar-refractivity contribution is 7.17. The van der Waals surface area contributed by atoms with Crippen LogP contribution in [0.3, 0.4) is 0 Å². The maximum absolute atomic E-state index is 6.39. The third-order valence-electron chi connectivity index (χ3n) is 2.64. The molecule has 0 aliphatic rings. The van der Waals surface area contributed by atoms with Gasteiger partial charge in [0, 0.05) is 14.2 Å². The molecule has 0 aromatic rings. The molecule has 0 aliphatic heterocycles. The molecule has 0 saturated heterocycles. The molecule has 0 radical (unpaired) electrons. The molecule has 0 amide bonds. The Labute approximate surface area is 122 Å². The van der Waals surface area contributed by atoms with Crippen LogP contribution in [-0.2, 0) is 8.85 Å². The average Bonchev–Trinajstić information content (AvgIpc) is 2.35. The summed E-state index contributed by atoms with van der Waals surface area (Å²) < 4.78 is 10.8. The zero-order chi connectivity index (χ0) is 14.1. The van der Waals surface area contributed by atoms with Crippen LogP contribution in [0.5, 0.6) is 0 Å². The van der Waals surface area contributed by atoms with Gasteiger partial charge < -0.3 is 8.85 Å². The Morgan fingerprint density at radius 2 is 1.17 bits per heavy atom. The fourth-order valence-electron chi connectivity index (χ4n) is 1.45. The quantitative estimate of drug-likeness (QED) is 0.333. The fourth-order valence-corrected chi connectivity index (χ4v) is 5.54. The molecule has 104 valence electrons. The molecule has 18 heavy (non-hydrogen) atoms. The van der Waals surface area contributed by atoms with E-state index >= 15 is 0 Å². The van der Waals surface area contributed by atoms with Crippen molar-refractivity contribution in [2.45, 2.75) is 24.2 Å². The zero-order valence-electron chi connectivity index (χ0n) is 11.1. The Balaban J connectivity index is 4.31. The van der Waals surface area contributed by atoms with Gasteiger partial charge >= 0.3 is 0 Å². The van der Waals surface area contributed by atoms with Gasteiger partial charge in [0.15, 0.2) is 0 Å². The van der Waals surface area contributed by atoms with E-state index in [9.17, 15) is 0 Å². The second-order valence-electron chi connectivity index (χ2n) is 4.04. The topological polar surface area (TPSA) is 18.5 Å². The van der Waals surface area contributed by atoms with Crippen LogP contribution >= 0.6 is 22.2 Å². The van der Waals surface area contributed by atoms with Crippen molar-refractivity contribution >= 4 is 37.4 Å². The highest BCUT2D eigenvalue weighted by atomic mass is 35.6. The Kier molecular flexibility index (Phi) is 9.20. The molecule has 0 spiro atoms. The van der Waals surface area contributed by atoms with Gasteiger partial charge in [0.05, 0.1) is 0 Å². The summed E-state index contributed by atoms with van der Waals surface area (Å²) in [6.45, 7) is 7.40. The molecule has 0 aliphatic carbocycles. The van der Waals surface area contributed by atoms with Crippen LogP contribution in [0.15, 0.2) is 37.5 Å². The van der Waals surface area contributed by atoms with Crippen molar-refractivity contribution in [1.29, 1.82) is 0 Å². The highest BCUT2D eigenvalue weighted by Gasteiger charge is 2.30. The second-order valence-corrected chi connectivity index (χ2v) is 14.2. The predicted octanol–water partition coefficient (Wildman–Crippen LogP) is 4.57. The fraction of sp³-hybridized carbons (Fsp3) is 0.500. The SMILES string of the molecule is C=CC[Si](Cl)(CC=CC[Si](Cl)(CC=C)OC)OC. The minimum Gasteiger partial charge on any atom is -0.406 e. The van der Waals surface area contributed by atoms with Gasteiger partial charge in [-0.25, -0.2) is 0 Å². The summed E-state index contributed by atoms with van der Waals surface area (Å²) in [5.41, 5.74) is 0. The smallest absolute Gasteiger partial charge is 0.297 e. The van der Waals surface area contributed by atoms with Crippen molar-refractivity contribution in [3.8, 4) is 0 Å². The minimum atomic E-state index is -2.17. The van der Waals surface area contributed by atoms with Crippen LogP contribution in [0.2, 0.25) is 24.2 Å². The number of hydrogen-bond acceptors (Lipinski definition) is 2. The van der Waals surface area contributed by atoms with Crippen molar-refractivity contribution < 1.29 is 8.85 Å². The molecular formula is C12H22Cl2O2Si2. The first-order valence-corrected chi connectivity index (χ1v) is 12.5. The van der Waals surface area contributed by atoms with Crippen LogP contribution in [0.25, 0.3) is 0 Å². The van der Waals surface area contributed by atoms with Crippen LogP contribution in [0.1, 0.15) is 0 Å². The number of hydrogen-bond donors (Lipinski definition) is 0. The lowest BCUT2D eigenvalue weighted by atomic mass is 10.6. The molecule has 0 rings (SSSR count). The Bertz CT molecular complexity index is 272. The van der Waals surface area contributed by atoms with Gasteiger partial charge in [-0.1, -0.05) is 24.3 Å².